The first-order chi connectivity index (χ1) is 13.5. The van der Waals surface area contributed by atoms with E-state index in [0.717, 1.165) is 28.0 Å². The summed E-state index contributed by atoms with van der Waals surface area (Å²) in [7, 11) is 0. The van der Waals surface area contributed by atoms with Crippen molar-refractivity contribution in [3.63, 3.8) is 0 Å². The first-order valence-electron chi connectivity index (χ1n) is 9.32. The molecule has 7 nitrogen and oxygen atoms in total. The Kier molecular flexibility index (Phi) is 4.70. The van der Waals surface area contributed by atoms with Crippen molar-refractivity contribution in [1.29, 1.82) is 5.26 Å². The van der Waals surface area contributed by atoms with Crippen molar-refractivity contribution < 1.29 is 9.53 Å². The zero-order valence-electron chi connectivity index (χ0n) is 15.8. The van der Waals surface area contributed by atoms with Gasteiger partial charge in [0, 0.05) is 41.5 Å². The van der Waals surface area contributed by atoms with Crippen LogP contribution in [0.1, 0.15) is 36.5 Å². The molecule has 1 aliphatic rings. The number of amides is 1. The average molecular weight is 375 g/mol. The monoisotopic (exact) mass is 375 g/mol. The van der Waals surface area contributed by atoms with Crippen LogP contribution in [0.4, 0.5) is 4.79 Å². The molecule has 7 heteroatoms. The van der Waals surface area contributed by atoms with Gasteiger partial charge in [0.05, 0.1) is 24.3 Å². The SMILES string of the molecule is CC(C)OC(=O)NC1Cc2c(n(Cc3ncccn3)c3ccc(C#N)cc23)C1. The molecule has 28 heavy (non-hydrogen) atoms. The number of alkyl carbamates (subject to hydrolysis) is 1. The van der Waals surface area contributed by atoms with Gasteiger partial charge >= 0.3 is 6.09 Å². The van der Waals surface area contributed by atoms with Crippen LogP contribution in [-0.4, -0.2) is 32.8 Å². The molecule has 1 atom stereocenters. The van der Waals surface area contributed by atoms with Gasteiger partial charge in [-0.05, 0) is 50.1 Å². The molecule has 0 saturated heterocycles. The third kappa shape index (κ3) is 3.41. The van der Waals surface area contributed by atoms with E-state index in [2.05, 4.69) is 25.9 Å². The summed E-state index contributed by atoms with van der Waals surface area (Å²) in [6.45, 7) is 4.20. The quantitative estimate of drug-likeness (QED) is 0.757. The van der Waals surface area contributed by atoms with E-state index in [-0.39, 0.29) is 12.1 Å². The fraction of sp³-hybridized carbons (Fsp3) is 0.333. The maximum atomic E-state index is 12.0. The summed E-state index contributed by atoms with van der Waals surface area (Å²) >= 11 is 0. The van der Waals surface area contributed by atoms with Gasteiger partial charge in [-0.15, -0.1) is 0 Å². The molecule has 0 saturated carbocycles. The lowest BCUT2D eigenvalue weighted by molar-refractivity contribution is 0.112. The standard InChI is InChI=1S/C21H21N5O2/c1-13(2)28-21(27)25-15-9-17-16-8-14(11-22)4-5-18(16)26(19(17)10-15)12-20-23-6-3-7-24-20/h3-8,13,15H,9-10,12H2,1-2H3,(H,25,27). The van der Waals surface area contributed by atoms with Crippen LogP contribution in [0.3, 0.4) is 0 Å². The Morgan fingerprint density at radius 2 is 2.14 bits per heavy atom. The van der Waals surface area contributed by atoms with Crippen molar-refractivity contribution in [2.45, 2.75) is 45.4 Å². The van der Waals surface area contributed by atoms with E-state index in [1.54, 1.807) is 18.5 Å². The summed E-state index contributed by atoms with van der Waals surface area (Å²) in [5, 5.41) is 13.3. The van der Waals surface area contributed by atoms with Crippen LogP contribution in [0.2, 0.25) is 0 Å². The smallest absolute Gasteiger partial charge is 0.407 e. The third-order valence-corrected chi connectivity index (χ3v) is 4.89. The topological polar surface area (TPSA) is 92.8 Å². The number of rotatable bonds is 4. The highest BCUT2D eigenvalue weighted by molar-refractivity contribution is 5.88. The van der Waals surface area contributed by atoms with E-state index >= 15 is 0 Å². The molecule has 142 valence electrons. The minimum absolute atomic E-state index is 0.0330. The maximum absolute atomic E-state index is 12.0. The van der Waals surface area contributed by atoms with E-state index < -0.39 is 6.09 Å². The molecule has 0 aliphatic heterocycles. The number of ether oxygens (including phenoxy) is 1. The summed E-state index contributed by atoms with van der Waals surface area (Å²) in [5.74, 6) is 0.724. The van der Waals surface area contributed by atoms with Gasteiger partial charge in [0.25, 0.3) is 0 Å². The minimum atomic E-state index is -0.398. The second-order valence-corrected chi connectivity index (χ2v) is 7.22. The zero-order valence-corrected chi connectivity index (χ0v) is 15.8. The van der Waals surface area contributed by atoms with Crippen LogP contribution in [0, 0.1) is 11.3 Å². The molecule has 2 heterocycles. The lowest BCUT2D eigenvalue weighted by Gasteiger charge is -2.16. The molecule has 3 aromatic rings. The molecule has 4 rings (SSSR count). The predicted octanol–water partition coefficient (Wildman–Crippen LogP) is 2.95. The minimum Gasteiger partial charge on any atom is -0.447 e. The van der Waals surface area contributed by atoms with Gasteiger partial charge in [-0.1, -0.05) is 0 Å². The molecule has 0 bridgehead atoms. The van der Waals surface area contributed by atoms with Gasteiger partial charge in [0.1, 0.15) is 5.82 Å². The number of nitrogens with one attached hydrogen (secondary N) is 1. The highest BCUT2D eigenvalue weighted by Gasteiger charge is 2.30. The Labute approximate surface area is 163 Å². The number of fused-ring (bicyclic) bond motifs is 3. The van der Waals surface area contributed by atoms with Crippen molar-refractivity contribution in [2.24, 2.45) is 0 Å². The second-order valence-electron chi connectivity index (χ2n) is 7.22. The highest BCUT2D eigenvalue weighted by atomic mass is 16.6. The molecule has 0 radical (unpaired) electrons. The van der Waals surface area contributed by atoms with Crippen LogP contribution in [0.25, 0.3) is 10.9 Å². The number of benzene rings is 1. The van der Waals surface area contributed by atoms with Crippen molar-refractivity contribution >= 4 is 17.0 Å². The molecule has 1 N–H and O–H groups in total. The lowest BCUT2D eigenvalue weighted by Crippen LogP contribution is -2.37. The van der Waals surface area contributed by atoms with Crippen molar-refractivity contribution in [3.8, 4) is 6.07 Å². The number of nitrogens with zero attached hydrogens (tertiary/aromatic N) is 4. The van der Waals surface area contributed by atoms with Crippen LogP contribution in [-0.2, 0) is 24.1 Å². The summed E-state index contributed by atoms with van der Waals surface area (Å²) in [6, 6.07) is 9.70. The van der Waals surface area contributed by atoms with E-state index in [4.69, 9.17) is 4.74 Å². The molecule has 1 aromatic carbocycles. The first kappa shape index (κ1) is 18.0. The van der Waals surface area contributed by atoms with E-state index in [9.17, 15) is 10.1 Å². The van der Waals surface area contributed by atoms with E-state index in [1.807, 2.05) is 32.0 Å². The van der Waals surface area contributed by atoms with Crippen molar-refractivity contribution in [1.82, 2.24) is 19.9 Å². The molecule has 1 aliphatic carbocycles. The Morgan fingerprint density at radius 1 is 1.36 bits per heavy atom. The van der Waals surface area contributed by atoms with Crippen LogP contribution in [0.5, 0.6) is 0 Å². The normalized spacial score (nSPS) is 15.4. The Morgan fingerprint density at radius 3 is 2.86 bits per heavy atom. The first-order valence-corrected chi connectivity index (χ1v) is 9.32. The molecular weight excluding hydrogens is 354 g/mol. The summed E-state index contributed by atoms with van der Waals surface area (Å²) in [4.78, 5) is 20.7. The fourth-order valence-electron chi connectivity index (χ4n) is 3.81. The van der Waals surface area contributed by atoms with Gasteiger partial charge in [0.15, 0.2) is 0 Å². The van der Waals surface area contributed by atoms with E-state index in [0.29, 0.717) is 24.9 Å². The van der Waals surface area contributed by atoms with Gasteiger partial charge in [-0.2, -0.15) is 5.26 Å². The maximum Gasteiger partial charge on any atom is 0.407 e. The molecular formula is C21H21N5O2. The molecule has 1 amide bonds. The Hall–Kier alpha value is -3.40. The number of nitriles is 1. The third-order valence-electron chi connectivity index (χ3n) is 4.89. The van der Waals surface area contributed by atoms with Gasteiger partial charge < -0.3 is 14.6 Å². The molecule has 0 spiro atoms. The van der Waals surface area contributed by atoms with Crippen LogP contribution >= 0.6 is 0 Å². The van der Waals surface area contributed by atoms with Gasteiger partial charge in [-0.3, -0.25) is 0 Å². The largest absolute Gasteiger partial charge is 0.447 e. The number of hydrogen-bond acceptors (Lipinski definition) is 5. The lowest BCUT2D eigenvalue weighted by atomic mass is 10.1. The summed E-state index contributed by atoms with van der Waals surface area (Å²) in [6.07, 6.45) is 4.31. The zero-order chi connectivity index (χ0) is 19.7. The van der Waals surface area contributed by atoms with Crippen LogP contribution < -0.4 is 5.32 Å². The fourth-order valence-corrected chi connectivity index (χ4v) is 3.81. The Balaban J connectivity index is 1.69. The Bertz CT molecular complexity index is 1070. The number of carbonyl (C=O) groups is 1. The number of aromatic nitrogens is 3. The molecule has 0 fully saturated rings. The average Bonchev–Trinajstić information content (AvgIpc) is 3.19. The van der Waals surface area contributed by atoms with Crippen molar-refractivity contribution in [3.05, 3.63) is 59.3 Å². The highest BCUT2D eigenvalue weighted by Crippen LogP contribution is 2.34. The number of carbonyl (C=O) groups excluding carboxylic acids is 1. The van der Waals surface area contributed by atoms with Crippen molar-refractivity contribution in [2.75, 3.05) is 0 Å². The molecule has 1 unspecified atom stereocenters. The second kappa shape index (κ2) is 7.31. The van der Waals surface area contributed by atoms with Gasteiger partial charge in [-0.25, -0.2) is 14.8 Å². The summed E-state index contributed by atoms with van der Waals surface area (Å²) < 4.78 is 7.41. The van der Waals surface area contributed by atoms with Crippen LogP contribution in [0.15, 0.2) is 36.7 Å². The molecule has 2 aromatic heterocycles. The summed E-state index contributed by atoms with van der Waals surface area (Å²) in [5.41, 5.74) is 3.99. The van der Waals surface area contributed by atoms with E-state index in [1.165, 1.54) is 0 Å². The number of hydrogen-bond donors (Lipinski definition) is 1. The van der Waals surface area contributed by atoms with Gasteiger partial charge in [0.2, 0.25) is 0 Å². The predicted molar refractivity (Wildman–Crippen MR) is 104 cm³/mol.